The lowest BCUT2D eigenvalue weighted by Gasteiger charge is -2.41. The Hall–Kier alpha value is -2.97. The van der Waals surface area contributed by atoms with Crippen molar-refractivity contribution in [3.63, 3.8) is 0 Å². The summed E-state index contributed by atoms with van der Waals surface area (Å²) in [5.74, 6) is -2.82. The minimum Gasteiger partial charge on any atom is -0.465 e. The van der Waals surface area contributed by atoms with E-state index in [9.17, 15) is 19.5 Å². The Morgan fingerprint density at radius 2 is 1.97 bits per heavy atom. The first-order valence-electron chi connectivity index (χ1n) is 14.1. The number of likely N-dealkylation sites (tertiary alicyclic amines) is 1. The van der Waals surface area contributed by atoms with E-state index in [1.807, 2.05) is 44.2 Å². The fourth-order valence-electron chi connectivity index (χ4n) is 7.06. The maximum Gasteiger partial charge on any atom is 0.312 e. The van der Waals surface area contributed by atoms with Crippen molar-refractivity contribution >= 4 is 17.8 Å². The fraction of sp³-hybridized carbons (Fsp3) is 0.581. The van der Waals surface area contributed by atoms with E-state index in [2.05, 4.69) is 20.1 Å². The molecule has 3 unspecified atom stereocenters. The number of esters is 1. The molecule has 0 saturated carbocycles. The highest BCUT2D eigenvalue weighted by Gasteiger charge is 2.79. The third kappa shape index (κ3) is 4.82. The molecule has 3 aliphatic heterocycles. The van der Waals surface area contributed by atoms with Gasteiger partial charge in [0.2, 0.25) is 11.8 Å². The maximum absolute atomic E-state index is 14.6. The number of carbonyl (C=O) groups is 3. The second-order valence-corrected chi connectivity index (χ2v) is 11.2. The molecule has 2 amide bonds. The molecule has 39 heavy (non-hydrogen) atoms. The molecule has 7 atom stereocenters. The first-order valence-corrected chi connectivity index (χ1v) is 14.1. The Morgan fingerprint density at radius 3 is 2.59 bits per heavy atom. The number of amides is 2. The summed E-state index contributed by atoms with van der Waals surface area (Å²) < 4.78 is 12.3. The molecule has 0 radical (unpaired) electrons. The van der Waals surface area contributed by atoms with Crippen LogP contribution in [0.5, 0.6) is 0 Å². The number of aliphatic hydroxyl groups excluding tert-OH is 1. The molecule has 8 nitrogen and oxygen atoms in total. The van der Waals surface area contributed by atoms with Crippen molar-refractivity contribution < 1.29 is 29.0 Å². The van der Waals surface area contributed by atoms with E-state index < -0.39 is 41.1 Å². The van der Waals surface area contributed by atoms with Gasteiger partial charge in [0.25, 0.3) is 0 Å². The largest absolute Gasteiger partial charge is 0.465 e. The zero-order chi connectivity index (χ0) is 28.4. The highest BCUT2D eigenvalue weighted by Crippen LogP contribution is 2.64. The lowest BCUT2D eigenvalue weighted by molar-refractivity contribution is -0.162. The molecule has 212 valence electrons. The van der Waals surface area contributed by atoms with Crippen molar-refractivity contribution in [3.8, 4) is 0 Å². The van der Waals surface area contributed by atoms with E-state index >= 15 is 0 Å². The van der Waals surface area contributed by atoms with Crippen molar-refractivity contribution in [2.24, 2.45) is 11.8 Å². The average molecular weight is 539 g/mol. The van der Waals surface area contributed by atoms with Gasteiger partial charge < -0.3 is 24.4 Å². The van der Waals surface area contributed by atoms with Gasteiger partial charge >= 0.3 is 5.97 Å². The molecule has 3 aliphatic rings. The Bertz CT molecular complexity index is 1090. The van der Waals surface area contributed by atoms with Gasteiger partial charge in [-0.1, -0.05) is 55.8 Å². The third-order valence-electron chi connectivity index (χ3n) is 8.81. The van der Waals surface area contributed by atoms with E-state index in [1.165, 1.54) is 4.90 Å². The zero-order valence-electron chi connectivity index (χ0n) is 23.4. The maximum atomic E-state index is 14.6. The fourth-order valence-corrected chi connectivity index (χ4v) is 7.06. The van der Waals surface area contributed by atoms with Crippen molar-refractivity contribution in [1.82, 2.24) is 9.80 Å². The highest BCUT2D eigenvalue weighted by molar-refractivity contribution is 5.99. The molecule has 1 N–H and O–H groups in total. The van der Waals surface area contributed by atoms with E-state index in [0.29, 0.717) is 31.4 Å². The van der Waals surface area contributed by atoms with E-state index in [0.717, 1.165) is 12.8 Å². The normalized spacial score (nSPS) is 30.5. The van der Waals surface area contributed by atoms with Crippen molar-refractivity contribution in [2.45, 2.75) is 82.2 Å². The summed E-state index contributed by atoms with van der Waals surface area (Å²) in [4.78, 5) is 45.7. The van der Waals surface area contributed by atoms with Gasteiger partial charge in [-0.2, -0.15) is 0 Å². The van der Waals surface area contributed by atoms with Crippen LogP contribution in [0.2, 0.25) is 0 Å². The molecular formula is C31H42N2O6. The number of rotatable bonds is 13. The summed E-state index contributed by atoms with van der Waals surface area (Å²) in [5, 5.41) is 10.6. The molecule has 1 spiro atoms. The van der Waals surface area contributed by atoms with E-state index in [1.54, 1.807) is 17.1 Å². The van der Waals surface area contributed by atoms with Crippen molar-refractivity contribution in [2.75, 3.05) is 19.8 Å². The molecule has 2 bridgehead atoms. The monoisotopic (exact) mass is 538 g/mol. The molecule has 3 saturated heterocycles. The first-order chi connectivity index (χ1) is 18.7. The number of ether oxygens (including phenoxy) is 2. The standard InChI is InChI=1S/C31H42N2O6/c1-6-9-19-38-29(37)25-24-27(35)33(23(20-34)22-14-11-10-12-15-22)26(31(24)17-16-30(25,5)39-31)28(36)32(18-8-3)21(4)13-7-2/h6,8,10-12,14-15,21,23-26,34H,1,3,7,9,13,16-20H2,2,4-5H3/t21?,23-,24+,25-,26?,30+,31?/m1/s1. The molecule has 0 aliphatic carbocycles. The van der Waals surface area contributed by atoms with Crippen LogP contribution in [0.1, 0.15) is 64.5 Å². The van der Waals surface area contributed by atoms with Crippen LogP contribution in [0, 0.1) is 11.8 Å². The third-order valence-corrected chi connectivity index (χ3v) is 8.81. The Balaban J connectivity index is 1.83. The minimum atomic E-state index is -1.20. The van der Waals surface area contributed by atoms with Crippen LogP contribution in [-0.2, 0) is 23.9 Å². The predicted octanol–water partition coefficient (Wildman–Crippen LogP) is 3.81. The Morgan fingerprint density at radius 1 is 1.26 bits per heavy atom. The smallest absolute Gasteiger partial charge is 0.312 e. The van der Waals surface area contributed by atoms with Gasteiger partial charge in [0.05, 0.1) is 30.8 Å². The highest BCUT2D eigenvalue weighted by atomic mass is 16.6. The summed E-state index contributed by atoms with van der Waals surface area (Å²) in [6.07, 6.45) is 6.52. The molecule has 0 aromatic heterocycles. The predicted molar refractivity (Wildman–Crippen MR) is 147 cm³/mol. The number of aliphatic hydroxyl groups is 1. The molecule has 4 rings (SSSR count). The second kappa shape index (κ2) is 11.6. The van der Waals surface area contributed by atoms with Crippen LogP contribution in [-0.4, -0.2) is 75.7 Å². The van der Waals surface area contributed by atoms with Gasteiger partial charge in [-0.05, 0) is 45.1 Å². The lowest BCUT2D eigenvalue weighted by Crippen LogP contribution is -2.58. The van der Waals surface area contributed by atoms with Crippen molar-refractivity contribution in [1.29, 1.82) is 0 Å². The number of hydrogen-bond donors (Lipinski definition) is 1. The first kappa shape index (κ1) is 29.0. The summed E-state index contributed by atoms with van der Waals surface area (Å²) >= 11 is 0. The summed E-state index contributed by atoms with van der Waals surface area (Å²) in [6, 6.07) is 7.35. The van der Waals surface area contributed by atoms with Crippen LogP contribution >= 0.6 is 0 Å². The van der Waals surface area contributed by atoms with Gasteiger partial charge in [0.1, 0.15) is 17.6 Å². The number of nitrogens with zero attached hydrogens (tertiary/aromatic N) is 2. The number of carbonyl (C=O) groups excluding carboxylic acids is 3. The van der Waals surface area contributed by atoms with Crippen LogP contribution < -0.4 is 0 Å². The molecule has 1 aromatic rings. The van der Waals surface area contributed by atoms with Crippen molar-refractivity contribution in [3.05, 3.63) is 61.2 Å². The van der Waals surface area contributed by atoms with Gasteiger partial charge in [-0.15, -0.1) is 13.2 Å². The summed E-state index contributed by atoms with van der Waals surface area (Å²) in [5.41, 5.74) is -1.40. The van der Waals surface area contributed by atoms with Gasteiger partial charge in [-0.3, -0.25) is 14.4 Å². The quantitative estimate of drug-likeness (QED) is 0.233. The number of benzene rings is 1. The van der Waals surface area contributed by atoms with Crippen LogP contribution in [0.15, 0.2) is 55.6 Å². The Labute approximate surface area is 231 Å². The summed E-state index contributed by atoms with van der Waals surface area (Å²) in [7, 11) is 0. The topological polar surface area (TPSA) is 96.4 Å². The van der Waals surface area contributed by atoms with Gasteiger partial charge in [0, 0.05) is 12.6 Å². The Kier molecular flexibility index (Phi) is 8.66. The van der Waals surface area contributed by atoms with Crippen LogP contribution in [0.3, 0.4) is 0 Å². The second-order valence-electron chi connectivity index (χ2n) is 11.2. The molecule has 3 heterocycles. The lowest BCUT2D eigenvalue weighted by atomic mass is 9.66. The molecular weight excluding hydrogens is 496 g/mol. The summed E-state index contributed by atoms with van der Waals surface area (Å²) in [6.45, 7) is 13.6. The SMILES string of the molecule is C=CCCOC(=O)[C@H]1[C@H]2C(=O)N([C@H](CO)c3ccccc3)C(C(=O)N(CC=C)C(C)CCC)C23CC[C@]1(C)O3. The van der Waals surface area contributed by atoms with E-state index in [-0.39, 0.29) is 31.1 Å². The zero-order valence-corrected chi connectivity index (χ0v) is 23.4. The molecule has 8 heteroatoms. The minimum absolute atomic E-state index is 0.0916. The average Bonchev–Trinajstić information content (AvgIpc) is 3.49. The molecule has 3 fully saturated rings. The van der Waals surface area contributed by atoms with E-state index in [4.69, 9.17) is 9.47 Å². The van der Waals surface area contributed by atoms with Crippen LogP contribution in [0.25, 0.3) is 0 Å². The number of fused-ring (bicyclic) bond motifs is 1. The molecule has 1 aromatic carbocycles. The van der Waals surface area contributed by atoms with Gasteiger partial charge in [-0.25, -0.2) is 0 Å². The van der Waals surface area contributed by atoms with Crippen LogP contribution in [0.4, 0.5) is 0 Å². The van der Waals surface area contributed by atoms with Gasteiger partial charge in [0.15, 0.2) is 0 Å². The number of hydrogen-bond acceptors (Lipinski definition) is 6.